The zero-order valence-corrected chi connectivity index (χ0v) is 14.7. The molecule has 1 atom stereocenters. The third-order valence-electron chi connectivity index (χ3n) is 4.43. The molecule has 0 N–H and O–H groups in total. The molecule has 4 nitrogen and oxygen atoms in total. The minimum absolute atomic E-state index is 0.138. The highest BCUT2D eigenvalue weighted by molar-refractivity contribution is 5.93. The summed E-state index contributed by atoms with van der Waals surface area (Å²) < 4.78 is 5.68. The van der Waals surface area contributed by atoms with E-state index in [1.807, 2.05) is 50.2 Å². The van der Waals surface area contributed by atoms with Gasteiger partial charge in [0.05, 0.1) is 5.56 Å². The second-order valence-electron chi connectivity index (χ2n) is 6.60. The van der Waals surface area contributed by atoms with Crippen LogP contribution in [0.5, 0.6) is 0 Å². The van der Waals surface area contributed by atoms with Crippen LogP contribution >= 0.6 is 0 Å². The van der Waals surface area contributed by atoms with Gasteiger partial charge in [-0.1, -0.05) is 47.5 Å². The number of nitrogens with zero attached hydrogens (tertiary/aromatic N) is 1. The quantitative estimate of drug-likeness (QED) is 0.797. The zero-order chi connectivity index (χ0) is 17.8. The van der Waals surface area contributed by atoms with E-state index in [9.17, 15) is 9.59 Å². The van der Waals surface area contributed by atoms with Crippen molar-refractivity contribution in [2.45, 2.75) is 32.8 Å². The maximum atomic E-state index is 12.9. The lowest BCUT2D eigenvalue weighted by atomic mass is 10.1. The summed E-state index contributed by atoms with van der Waals surface area (Å²) in [5.41, 5.74) is 3.17. The Hall–Kier alpha value is -2.62. The second kappa shape index (κ2) is 7.51. The van der Waals surface area contributed by atoms with Crippen LogP contribution in [-0.2, 0) is 9.53 Å². The number of aryl methyl sites for hydroxylation is 2. The van der Waals surface area contributed by atoms with Crippen molar-refractivity contribution >= 4 is 11.9 Å². The second-order valence-corrected chi connectivity index (χ2v) is 6.60. The van der Waals surface area contributed by atoms with Crippen molar-refractivity contribution < 1.29 is 14.3 Å². The normalized spacial score (nSPS) is 15.0. The average Bonchev–Trinajstić information content (AvgIpc) is 3.13. The van der Waals surface area contributed by atoms with E-state index in [4.69, 9.17) is 4.74 Å². The van der Waals surface area contributed by atoms with Gasteiger partial charge >= 0.3 is 5.97 Å². The highest BCUT2D eigenvalue weighted by atomic mass is 16.5. The van der Waals surface area contributed by atoms with Crippen LogP contribution in [-0.4, -0.2) is 29.9 Å². The molecule has 1 aliphatic heterocycles. The van der Waals surface area contributed by atoms with Gasteiger partial charge in [0.1, 0.15) is 0 Å². The van der Waals surface area contributed by atoms with Crippen LogP contribution in [0.3, 0.4) is 0 Å². The van der Waals surface area contributed by atoms with Crippen LogP contribution in [0.4, 0.5) is 0 Å². The summed E-state index contributed by atoms with van der Waals surface area (Å²) >= 11 is 0. The molecule has 2 aromatic rings. The standard InChI is InChI=1S/C21H23NO3/c1-15-12-16(2)14-18(13-15)21(24)25-19(17-8-4-3-5-9-17)20(23)22-10-6-7-11-22/h3-5,8-9,12-14,19H,6-7,10-11H2,1-2H3/t19-/m1/s1. The van der Waals surface area contributed by atoms with Crippen LogP contribution in [0.1, 0.15) is 46.0 Å². The van der Waals surface area contributed by atoms with Gasteiger partial charge in [-0.2, -0.15) is 0 Å². The molecule has 0 radical (unpaired) electrons. The fourth-order valence-electron chi connectivity index (χ4n) is 3.26. The van der Waals surface area contributed by atoms with Gasteiger partial charge in [0.2, 0.25) is 6.10 Å². The van der Waals surface area contributed by atoms with E-state index in [1.165, 1.54) is 0 Å². The Morgan fingerprint density at radius 1 is 0.960 bits per heavy atom. The summed E-state index contributed by atoms with van der Waals surface area (Å²) in [6.07, 6.45) is 1.10. The topological polar surface area (TPSA) is 46.6 Å². The van der Waals surface area contributed by atoms with Crippen molar-refractivity contribution in [3.63, 3.8) is 0 Å². The Morgan fingerprint density at radius 2 is 1.56 bits per heavy atom. The molecule has 0 aliphatic carbocycles. The number of hydrogen-bond donors (Lipinski definition) is 0. The number of carbonyl (C=O) groups is 2. The molecule has 25 heavy (non-hydrogen) atoms. The van der Waals surface area contributed by atoms with Gasteiger partial charge < -0.3 is 9.64 Å². The lowest BCUT2D eigenvalue weighted by Crippen LogP contribution is -2.34. The molecule has 0 bridgehead atoms. The number of carbonyl (C=O) groups excluding carboxylic acids is 2. The maximum Gasteiger partial charge on any atom is 0.339 e. The Morgan fingerprint density at radius 3 is 2.16 bits per heavy atom. The van der Waals surface area contributed by atoms with Crippen molar-refractivity contribution in [3.05, 3.63) is 70.8 Å². The van der Waals surface area contributed by atoms with Crippen LogP contribution in [0.2, 0.25) is 0 Å². The van der Waals surface area contributed by atoms with Crippen LogP contribution < -0.4 is 0 Å². The molecule has 0 unspecified atom stereocenters. The number of amides is 1. The number of rotatable bonds is 4. The molecule has 0 saturated carbocycles. The largest absolute Gasteiger partial charge is 0.444 e. The summed E-state index contributed by atoms with van der Waals surface area (Å²) in [7, 11) is 0. The summed E-state index contributed by atoms with van der Waals surface area (Å²) in [4.78, 5) is 27.3. The third-order valence-corrected chi connectivity index (χ3v) is 4.43. The molecule has 0 spiro atoms. The lowest BCUT2D eigenvalue weighted by Gasteiger charge is -2.23. The first-order valence-corrected chi connectivity index (χ1v) is 8.67. The van der Waals surface area contributed by atoms with Crippen LogP contribution in [0, 0.1) is 13.8 Å². The van der Waals surface area contributed by atoms with E-state index in [2.05, 4.69) is 0 Å². The molecule has 130 valence electrons. The van der Waals surface area contributed by atoms with Gasteiger partial charge in [0.15, 0.2) is 0 Å². The molecule has 1 heterocycles. The predicted octanol–water partition coefficient (Wildman–Crippen LogP) is 3.82. The molecule has 1 fully saturated rings. The van der Waals surface area contributed by atoms with E-state index in [0.29, 0.717) is 11.1 Å². The minimum Gasteiger partial charge on any atom is -0.444 e. The zero-order valence-electron chi connectivity index (χ0n) is 14.7. The van der Waals surface area contributed by atoms with Crippen LogP contribution in [0.25, 0.3) is 0 Å². The SMILES string of the molecule is Cc1cc(C)cc(C(=O)O[C@@H](C(=O)N2CCCC2)c2ccccc2)c1. The van der Waals surface area contributed by atoms with Crippen molar-refractivity contribution in [2.24, 2.45) is 0 Å². The van der Waals surface area contributed by atoms with Crippen molar-refractivity contribution in [1.82, 2.24) is 4.90 Å². The van der Waals surface area contributed by atoms with Gasteiger partial charge in [-0.3, -0.25) is 4.79 Å². The molecule has 3 rings (SSSR count). The third kappa shape index (κ3) is 4.08. The average molecular weight is 337 g/mol. The lowest BCUT2D eigenvalue weighted by molar-refractivity contribution is -0.140. The smallest absolute Gasteiger partial charge is 0.339 e. The van der Waals surface area contributed by atoms with E-state index < -0.39 is 12.1 Å². The fraction of sp³-hybridized carbons (Fsp3) is 0.333. The van der Waals surface area contributed by atoms with E-state index >= 15 is 0 Å². The molecular weight excluding hydrogens is 314 g/mol. The first kappa shape index (κ1) is 17.2. The van der Waals surface area contributed by atoms with Gasteiger partial charge in [-0.05, 0) is 38.8 Å². The number of likely N-dealkylation sites (tertiary alicyclic amines) is 1. The Bertz CT molecular complexity index is 744. The first-order chi connectivity index (χ1) is 12.0. The number of ether oxygens (including phenoxy) is 1. The monoisotopic (exact) mass is 337 g/mol. The number of hydrogen-bond acceptors (Lipinski definition) is 3. The first-order valence-electron chi connectivity index (χ1n) is 8.67. The van der Waals surface area contributed by atoms with Crippen molar-refractivity contribution in [1.29, 1.82) is 0 Å². The summed E-state index contributed by atoms with van der Waals surface area (Å²) in [5, 5.41) is 0. The molecule has 1 aliphatic rings. The van der Waals surface area contributed by atoms with Crippen LogP contribution in [0.15, 0.2) is 48.5 Å². The Labute approximate surface area is 148 Å². The maximum absolute atomic E-state index is 12.9. The van der Waals surface area contributed by atoms with Gasteiger partial charge in [-0.15, -0.1) is 0 Å². The van der Waals surface area contributed by atoms with Gasteiger partial charge in [0.25, 0.3) is 5.91 Å². The minimum atomic E-state index is -0.896. The van der Waals surface area contributed by atoms with E-state index in [0.717, 1.165) is 37.1 Å². The van der Waals surface area contributed by atoms with Gasteiger partial charge in [-0.25, -0.2) is 4.79 Å². The highest BCUT2D eigenvalue weighted by Crippen LogP contribution is 2.24. The van der Waals surface area contributed by atoms with E-state index in [-0.39, 0.29) is 5.91 Å². The van der Waals surface area contributed by atoms with E-state index in [1.54, 1.807) is 17.0 Å². The molecule has 1 amide bonds. The molecule has 2 aromatic carbocycles. The summed E-state index contributed by atoms with van der Waals surface area (Å²) in [6.45, 7) is 5.33. The summed E-state index contributed by atoms with van der Waals surface area (Å²) in [6, 6.07) is 14.8. The Kier molecular flexibility index (Phi) is 5.17. The van der Waals surface area contributed by atoms with Crippen molar-refractivity contribution in [2.75, 3.05) is 13.1 Å². The Balaban J connectivity index is 1.86. The van der Waals surface area contributed by atoms with Crippen molar-refractivity contribution in [3.8, 4) is 0 Å². The highest BCUT2D eigenvalue weighted by Gasteiger charge is 2.31. The molecule has 1 saturated heterocycles. The predicted molar refractivity (Wildman–Crippen MR) is 96.3 cm³/mol. The fourth-order valence-corrected chi connectivity index (χ4v) is 3.26. The molecular formula is C21H23NO3. The summed E-state index contributed by atoms with van der Waals surface area (Å²) in [5.74, 6) is -0.602. The molecule has 4 heteroatoms. The van der Waals surface area contributed by atoms with Gasteiger partial charge in [0, 0.05) is 18.7 Å². The number of esters is 1. The number of benzene rings is 2. The molecule has 0 aromatic heterocycles.